The maximum Gasteiger partial charge on any atom is 0.0981 e. The van der Waals surface area contributed by atoms with Crippen LogP contribution >= 0.6 is 11.6 Å². The lowest BCUT2D eigenvalue weighted by atomic mass is 9.89. The Kier molecular flexibility index (Phi) is 2.43. The molecule has 1 fully saturated rings. The second-order valence-electron chi connectivity index (χ2n) is 4.23. The zero-order valence-corrected chi connectivity index (χ0v) is 9.26. The minimum atomic E-state index is 0.209. The van der Waals surface area contributed by atoms with E-state index in [1.807, 2.05) is 6.07 Å². The third-order valence-electron chi connectivity index (χ3n) is 3.31. The molecule has 0 aliphatic carbocycles. The molecule has 80 valence electrons. The number of benzene rings is 1. The number of ether oxygens (including phenoxy) is 1. The molecule has 0 radical (unpaired) electrons. The standard InChI is InChI=1S/C12H14ClNO/c13-9-2-1-8-4-6-15-12(10(8)7-9)11-3-5-14-11/h1-2,7,11-12,14H,3-6H2/t11-,12+/m1/s1. The Hall–Kier alpha value is -0.570. The Morgan fingerprint density at radius 2 is 2.27 bits per heavy atom. The summed E-state index contributed by atoms with van der Waals surface area (Å²) in [5.74, 6) is 0. The zero-order valence-electron chi connectivity index (χ0n) is 8.50. The van der Waals surface area contributed by atoms with Gasteiger partial charge in [-0.15, -0.1) is 0 Å². The molecule has 1 aromatic carbocycles. The molecule has 2 nitrogen and oxygen atoms in total. The van der Waals surface area contributed by atoms with Crippen molar-refractivity contribution in [3.8, 4) is 0 Å². The highest BCUT2D eigenvalue weighted by Crippen LogP contribution is 2.34. The van der Waals surface area contributed by atoms with Crippen LogP contribution in [0.1, 0.15) is 23.7 Å². The van der Waals surface area contributed by atoms with E-state index in [1.54, 1.807) is 0 Å². The Morgan fingerprint density at radius 3 is 3.00 bits per heavy atom. The highest BCUT2D eigenvalue weighted by atomic mass is 35.5. The van der Waals surface area contributed by atoms with Crippen molar-refractivity contribution < 1.29 is 4.74 Å². The Morgan fingerprint density at radius 1 is 1.40 bits per heavy atom. The SMILES string of the molecule is Clc1ccc2c(c1)[C@@H]([C@H]1CCN1)OCC2. The number of nitrogens with one attached hydrogen (secondary N) is 1. The van der Waals surface area contributed by atoms with Crippen molar-refractivity contribution in [1.29, 1.82) is 0 Å². The molecule has 15 heavy (non-hydrogen) atoms. The lowest BCUT2D eigenvalue weighted by Gasteiger charge is -2.38. The van der Waals surface area contributed by atoms with E-state index in [0.717, 1.165) is 24.6 Å². The van der Waals surface area contributed by atoms with Crippen molar-refractivity contribution in [2.24, 2.45) is 0 Å². The smallest absolute Gasteiger partial charge is 0.0981 e. The van der Waals surface area contributed by atoms with Gasteiger partial charge in [0.15, 0.2) is 0 Å². The third-order valence-corrected chi connectivity index (χ3v) is 3.55. The monoisotopic (exact) mass is 223 g/mol. The predicted molar refractivity (Wildman–Crippen MR) is 60.3 cm³/mol. The topological polar surface area (TPSA) is 21.3 Å². The van der Waals surface area contributed by atoms with Crippen molar-refractivity contribution >= 4 is 11.6 Å². The van der Waals surface area contributed by atoms with E-state index < -0.39 is 0 Å². The lowest BCUT2D eigenvalue weighted by molar-refractivity contribution is -0.00148. The number of halogens is 1. The Balaban J connectivity index is 1.96. The van der Waals surface area contributed by atoms with Gasteiger partial charge in [-0.25, -0.2) is 0 Å². The summed E-state index contributed by atoms with van der Waals surface area (Å²) in [6.07, 6.45) is 2.42. The molecule has 2 heterocycles. The molecular formula is C12H14ClNO. The first-order chi connectivity index (χ1) is 7.34. The second kappa shape index (κ2) is 3.78. The molecule has 2 aliphatic heterocycles. The minimum absolute atomic E-state index is 0.209. The first-order valence-electron chi connectivity index (χ1n) is 5.48. The number of hydrogen-bond donors (Lipinski definition) is 1. The Bertz CT molecular complexity index is 376. The molecule has 2 aliphatic rings. The fourth-order valence-corrected chi connectivity index (χ4v) is 2.53. The number of hydrogen-bond acceptors (Lipinski definition) is 2. The van der Waals surface area contributed by atoms with Crippen molar-refractivity contribution in [2.45, 2.75) is 25.0 Å². The molecule has 2 atom stereocenters. The first-order valence-corrected chi connectivity index (χ1v) is 5.86. The van der Waals surface area contributed by atoms with Crippen molar-refractivity contribution in [3.63, 3.8) is 0 Å². The van der Waals surface area contributed by atoms with Gasteiger partial charge in [-0.1, -0.05) is 17.7 Å². The summed E-state index contributed by atoms with van der Waals surface area (Å²) in [5.41, 5.74) is 2.68. The lowest BCUT2D eigenvalue weighted by Crippen LogP contribution is -2.48. The van der Waals surface area contributed by atoms with E-state index >= 15 is 0 Å². The maximum atomic E-state index is 6.03. The van der Waals surface area contributed by atoms with Gasteiger partial charge in [0.25, 0.3) is 0 Å². The fraction of sp³-hybridized carbons (Fsp3) is 0.500. The average Bonchev–Trinajstić information content (AvgIpc) is 2.16. The second-order valence-corrected chi connectivity index (χ2v) is 4.67. The summed E-state index contributed by atoms with van der Waals surface area (Å²) in [4.78, 5) is 0. The number of fused-ring (bicyclic) bond motifs is 1. The van der Waals surface area contributed by atoms with Crippen LogP contribution in [-0.2, 0) is 11.2 Å². The van der Waals surface area contributed by atoms with Gasteiger partial charge >= 0.3 is 0 Å². The van der Waals surface area contributed by atoms with Crippen LogP contribution in [0.4, 0.5) is 0 Å². The van der Waals surface area contributed by atoms with Crippen LogP contribution in [0.2, 0.25) is 5.02 Å². The van der Waals surface area contributed by atoms with Crippen LogP contribution in [-0.4, -0.2) is 19.2 Å². The van der Waals surface area contributed by atoms with Gasteiger partial charge in [0.1, 0.15) is 0 Å². The molecule has 0 saturated carbocycles. The van der Waals surface area contributed by atoms with E-state index in [1.165, 1.54) is 17.5 Å². The molecular weight excluding hydrogens is 210 g/mol. The summed E-state index contributed by atoms with van der Waals surface area (Å²) >= 11 is 6.03. The van der Waals surface area contributed by atoms with Gasteiger partial charge in [0.2, 0.25) is 0 Å². The normalized spacial score (nSPS) is 29.4. The van der Waals surface area contributed by atoms with E-state index in [4.69, 9.17) is 16.3 Å². The summed E-state index contributed by atoms with van der Waals surface area (Å²) in [6, 6.07) is 6.64. The third kappa shape index (κ3) is 1.67. The van der Waals surface area contributed by atoms with Crippen LogP contribution in [0.25, 0.3) is 0 Å². The zero-order chi connectivity index (χ0) is 10.3. The molecule has 3 heteroatoms. The summed E-state index contributed by atoms with van der Waals surface area (Å²) in [6.45, 7) is 1.94. The molecule has 1 N–H and O–H groups in total. The van der Waals surface area contributed by atoms with E-state index in [0.29, 0.717) is 6.04 Å². The summed E-state index contributed by atoms with van der Waals surface area (Å²) in [5, 5.41) is 4.22. The largest absolute Gasteiger partial charge is 0.372 e. The number of rotatable bonds is 1. The predicted octanol–water partition coefficient (Wildman–Crippen LogP) is 2.32. The van der Waals surface area contributed by atoms with Gasteiger partial charge in [0, 0.05) is 11.1 Å². The highest BCUT2D eigenvalue weighted by Gasteiger charge is 2.32. The van der Waals surface area contributed by atoms with Crippen LogP contribution in [0.3, 0.4) is 0 Å². The van der Waals surface area contributed by atoms with Gasteiger partial charge < -0.3 is 10.1 Å². The molecule has 1 saturated heterocycles. The van der Waals surface area contributed by atoms with Gasteiger partial charge in [-0.05, 0) is 42.6 Å². The van der Waals surface area contributed by atoms with Crippen LogP contribution in [0, 0.1) is 0 Å². The molecule has 0 amide bonds. The summed E-state index contributed by atoms with van der Waals surface area (Å²) in [7, 11) is 0. The van der Waals surface area contributed by atoms with Crippen molar-refractivity contribution in [3.05, 3.63) is 34.3 Å². The van der Waals surface area contributed by atoms with Crippen LogP contribution in [0.15, 0.2) is 18.2 Å². The van der Waals surface area contributed by atoms with E-state index in [-0.39, 0.29) is 6.10 Å². The molecule has 0 aromatic heterocycles. The maximum absolute atomic E-state index is 6.03. The highest BCUT2D eigenvalue weighted by molar-refractivity contribution is 6.30. The minimum Gasteiger partial charge on any atom is -0.372 e. The van der Waals surface area contributed by atoms with Gasteiger partial charge in [0.05, 0.1) is 12.7 Å². The van der Waals surface area contributed by atoms with E-state index in [9.17, 15) is 0 Å². The van der Waals surface area contributed by atoms with Gasteiger partial charge in [-0.2, -0.15) is 0 Å². The van der Waals surface area contributed by atoms with Gasteiger partial charge in [-0.3, -0.25) is 0 Å². The van der Waals surface area contributed by atoms with E-state index in [2.05, 4.69) is 17.4 Å². The first kappa shape index (κ1) is 9.64. The molecule has 0 unspecified atom stereocenters. The molecule has 3 rings (SSSR count). The Labute approximate surface area is 94.6 Å². The summed E-state index contributed by atoms with van der Waals surface area (Å²) < 4.78 is 5.84. The average molecular weight is 224 g/mol. The molecule has 1 aromatic rings. The molecule has 0 bridgehead atoms. The van der Waals surface area contributed by atoms with Crippen molar-refractivity contribution in [2.75, 3.05) is 13.2 Å². The molecule has 0 spiro atoms. The fourth-order valence-electron chi connectivity index (χ4n) is 2.35. The van der Waals surface area contributed by atoms with Crippen LogP contribution in [0.5, 0.6) is 0 Å². The van der Waals surface area contributed by atoms with Crippen molar-refractivity contribution in [1.82, 2.24) is 5.32 Å². The quantitative estimate of drug-likeness (QED) is 0.789. The van der Waals surface area contributed by atoms with Crippen LogP contribution < -0.4 is 5.32 Å².